The number of amides is 2. The van der Waals surface area contributed by atoms with Crippen molar-refractivity contribution in [2.45, 2.75) is 44.7 Å². The molecule has 0 spiro atoms. The Morgan fingerprint density at radius 1 is 1.33 bits per heavy atom. The summed E-state index contributed by atoms with van der Waals surface area (Å²) in [5.74, 6) is 0.245. The number of hydrogen-bond acceptors (Lipinski definition) is 3. The van der Waals surface area contributed by atoms with Gasteiger partial charge in [-0.1, -0.05) is 30.9 Å². The van der Waals surface area contributed by atoms with Crippen molar-refractivity contribution in [2.24, 2.45) is 0 Å². The highest BCUT2D eigenvalue weighted by Gasteiger charge is 2.18. The fourth-order valence-electron chi connectivity index (χ4n) is 2.98. The number of carbonyl (C=O) groups excluding carboxylic acids is 1. The van der Waals surface area contributed by atoms with Crippen LogP contribution in [0.3, 0.4) is 0 Å². The molecular weight excluding hydrogens is 333 g/mol. The van der Waals surface area contributed by atoms with E-state index in [1.807, 2.05) is 4.57 Å². The zero-order valence-corrected chi connectivity index (χ0v) is 13.9. The predicted octanol–water partition coefficient (Wildman–Crippen LogP) is 3.90. The third-order valence-electron chi connectivity index (χ3n) is 4.20. The summed E-state index contributed by atoms with van der Waals surface area (Å²) in [6.45, 7) is 0.245. The van der Waals surface area contributed by atoms with Crippen molar-refractivity contribution in [3.8, 4) is 0 Å². The van der Waals surface area contributed by atoms with Gasteiger partial charge in [-0.25, -0.2) is 9.18 Å². The van der Waals surface area contributed by atoms with E-state index in [0.29, 0.717) is 11.9 Å². The van der Waals surface area contributed by atoms with E-state index in [1.54, 1.807) is 6.33 Å². The van der Waals surface area contributed by atoms with Crippen LogP contribution in [0.1, 0.15) is 44.0 Å². The molecule has 2 N–H and O–H groups in total. The summed E-state index contributed by atoms with van der Waals surface area (Å²) in [5, 5.41) is 13.6. The third-order valence-corrected chi connectivity index (χ3v) is 4.53. The maximum absolute atomic E-state index is 13.2. The van der Waals surface area contributed by atoms with E-state index < -0.39 is 11.8 Å². The van der Waals surface area contributed by atoms with Gasteiger partial charge in [0.1, 0.15) is 12.1 Å². The maximum Gasteiger partial charge on any atom is 0.319 e. The van der Waals surface area contributed by atoms with Crippen LogP contribution in [0.4, 0.5) is 14.9 Å². The van der Waals surface area contributed by atoms with Crippen LogP contribution in [0.2, 0.25) is 5.02 Å². The fraction of sp³-hybridized carbons (Fsp3) is 0.438. The van der Waals surface area contributed by atoms with Gasteiger partial charge in [0.05, 0.1) is 17.3 Å². The summed E-state index contributed by atoms with van der Waals surface area (Å²) in [6.07, 6.45) is 7.60. The number of rotatable bonds is 4. The molecule has 0 aliphatic heterocycles. The van der Waals surface area contributed by atoms with E-state index in [1.165, 1.54) is 37.5 Å². The average molecular weight is 352 g/mol. The summed E-state index contributed by atoms with van der Waals surface area (Å²) in [4.78, 5) is 12.0. The van der Waals surface area contributed by atoms with E-state index in [4.69, 9.17) is 11.6 Å². The zero-order chi connectivity index (χ0) is 16.9. The molecule has 2 aromatic rings. The summed E-state index contributed by atoms with van der Waals surface area (Å²) >= 11 is 5.93. The molecule has 1 saturated carbocycles. The number of nitrogens with one attached hydrogen (secondary N) is 2. The summed E-state index contributed by atoms with van der Waals surface area (Å²) < 4.78 is 15.2. The van der Waals surface area contributed by atoms with Gasteiger partial charge in [0.15, 0.2) is 5.82 Å². The first-order chi connectivity index (χ1) is 11.6. The van der Waals surface area contributed by atoms with Crippen molar-refractivity contribution in [2.75, 3.05) is 5.32 Å². The molecule has 3 rings (SSSR count). The van der Waals surface area contributed by atoms with E-state index in [2.05, 4.69) is 20.8 Å². The predicted molar refractivity (Wildman–Crippen MR) is 89.4 cm³/mol. The Balaban J connectivity index is 1.59. The maximum atomic E-state index is 13.2. The second-order valence-corrected chi connectivity index (χ2v) is 6.29. The van der Waals surface area contributed by atoms with Crippen LogP contribution in [0.25, 0.3) is 0 Å². The van der Waals surface area contributed by atoms with Gasteiger partial charge in [-0.3, -0.25) is 0 Å². The van der Waals surface area contributed by atoms with Crippen molar-refractivity contribution >= 4 is 23.3 Å². The molecule has 24 heavy (non-hydrogen) atoms. The van der Waals surface area contributed by atoms with Gasteiger partial charge >= 0.3 is 6.03 Å². The van der Waals surface area contributed by atoms with Crippen LogP contribution < -0.4 is 10.6 Å². The van der Waals surface area contributed by atoms with Gasteiger partial charge in [-0.2, -0.15) is 0 Å². The number of benzene rings is 1. The van der Waals surface area contributed by atoms with Crippen molar-refractivity contribution in [1.29, 1.82) is 0 Å². The Labute approximate surface area is 144 Å². The number of carbonyl (C=O) groups is 1. The van der Waals surface area contributed by atoms with E-state index in [0.717, 1.165) is 12.8 Å². The minimum Gasteiger partial charge on any atom is -0.331 e. The lowest BCUT2D eigenvalue weighted by Gasteiger charge is -2.24. The second kappa shape index (κ2) is 7.61. The highest BCUT2D eigenvalue weighted by atomic mass is 35.5. The van der Waals surface area contributed by atoms with Gasteiger partial charge in [-0.15, -0.1) is 10.2 Å². The van der Waals surface area contributed by atoms with Gasteiger partial charge in [0.2, 0.25) is 0 Å². The molecule has 1 aliphatic carbocycles. The molecule has 1 aliphatic rings. The lowest BCUT2D eigenvalue weighted by atomic mass is 9.95. The van der Waals surface area contributed by atoms with E-state index >= 15 is 0 Å². The molecule has 2 amide bonds. The first-order valence-electron chi connectivity index (χ1n) is 8.02. The van der Waals surface area contributed by atoms with Crippen LogP contribution >= 0.6 is 11.6 Å². The molecule has 1 heterocycles. The molecule has 6 nitrogen and oxygen atoms in total. The molecule has 128 valence electrons. The van der Waals surface area contributed by atoms with Gasteiger partial charge in [-0.05, 0) is 31.0 Å². The van der Waals surface area contributed by atoms with Crippen molar-refractivity contribution in [3.63, 3.8) is 0 Å². The van der Waals surface area contributed by atoms with E-state index in [9.17, 15) is 9.18 Å². The van der Waals surface area contributed by atoms with Crippen molar-refractivity contribution in [3.05, 3.63) is 41.2 Å². The monoisotopic (exact) mass is 351 g/mol. The summed E-state index contributed by atoms with van der Waals surface area (Å²) in [5.41, 5.74) is 0.225. The van der Waals surface area contributed by atoms with Crippen molar-refractivity contribution < 1.29 is 9.18 Å². The molecule has 0 bridgehead atoms. The zero-order valence-electron chi connectivity index (χ0n) is 13.1. The Morgan fingerprint density at radius 2 is 2.12 bits per heavy atom. The lowest BCUT2D eigenvalue weighted by molar-refractivity contribution is 0.251. The number of anilines is 1. The van der Waals surface area contributed by atoms with Gasteiger partial charge < -0.3 is 15.2 Å². The molecule has 0 radical (unpaired) electrons. The Morgan fingerprint density at radius 3 is 2.92 bits per heavy atom. The number of hydrogen-bond donors (Lipinski definition) is 2. The Kier molecular flexibility index (Phi) is 5.30. The smallest absolute Gasteiger partial charge is 0.319 e. The van der Waals surface area contributed by atoms with Crippen LogP contribution in [-0.4, -0.2) is 20.8 Å². The standard InChI is InChI=1S/C16H19ClFN5O/c17-13-7-6-11(18)8-14(13)21-16(24)19-9-15-22-20-10-23(15)12-4-2-1-3-5-12/h6-8,10,12H,1-5,9H2,(H2,19,21,24). The number of urea groups is 1. The minimum absolute atomic E-state index is 0.225. The molecule has 1 fully saturated rings. The molecule has 8 heteroatoms. The number of nitrogens with zero attached hydrogens (tertiary/aromatic N) is 3. The van der Waals surface area contributed by atoms with Gasteiger partial charge in [0, 0.05) is 6.04 Å². The quantitative estimate of drug-likeness (QED) is 0.877. The molecule has 1 aromatic heterocycles. The molecule has 1 aromatic carbocycles. The molecule has 0 unspecified atom stereocenters. The number of aromatic nitrogens is 3. The Hall–Kier alpha value is -2.15. The highest BCUT2D eigenvalue weighted by Crippen LogP contribution is 2.28. The second-order valence-electron chi connectivity index (χ2n) is 5.88. The first kappa shape index (κ1) is 16.7. The number of halogens is 2. The van der Waals surface area contributed by atoms with E-state index in [-0.39, 0.29) is 17.3 Å². The summed E-state index contributed by atoms with van der Waals surface area (Å²) in [7, 11) is 0. The minimum atomic E-state index is -0.472. The SMILES string of the molecule is O=C(NCc1nncn1C1CCCCC1)Nc1cc(F)ccc1Cl. The normalized spacial score (nSPS) is 15.2. The van der Waals surface area contributed by atoms with Crippen LogP contribution in [0.5, 0.6) is 0 Å². The van der Waals surface area contributed by atoms with Crippen LogP contribution in [-0.2, 0) is 6.54 Å². The van der Waals surface area contributed by atoms with Crippen LogP contribution in [0.15, 0.2) is 24.5 Å². The molecule has 0 atom stereocenters. The first-order valence-corrected chi connectivity index (χ1v) is 8.39. The van der Waals surface area contributed by atoms with Crippen LogP contribution in [0, 0.1) is 5.82 Å². The topological polar surface area (TPSA) is 71.8 Å². The fourth-order valence-corrected chi connectivity index (χ4v) is 3.14. The van der Waals surface area contributed by atoms with Crippen molar-refractivity contribution in [1.82, 2.24) is 20.1 Å². The van der Waals surface area contributed by atoms with Gasteiger partial charge in [0.25, 0.3) is 0 Å². The molecule has 0 saturated heterocycles. The average Bonchev–Trinajstić information content (AvgIpc) is 3.06. The highest BCUT2D eigenvalue weighted by molar-refractivity contribution is 6.33. The largest absolute Gasteiger partial charge is 0.331 e. The Bertz CT molecular complexity index is 714. The summed E-state index contributed by atoms with van der Waals surface area (Å²) in [6, 6.07) is 3.73. The lowest BCUT2D eigenvalue weighted by Crippen LogP contribution is -2.30. The third kappa shape index (κ3) is 4.03. The molecular formula is C16H19ClFN5O.